The molecule has 0 bridgehead atoms. The Labute approximate surface area is 196 Å². The Balaban J connectivity index is 1.47. The van der Waals surface area contributed by atoms with Gasteiger partial charge in [-0.2, -0.15) is 5.26 Å². The molecule has 3 saturated heterocycles. The highest BCUT2D eigenvalue weighted by molar-refractivity contribution is 6.02. The number of anilines is 1. The Kier molecular flexibility index (Phi) is 6.32. The third-order valence-corrected chi connectivity index (χ3v) is 6.56. The zero-order valence-corrected chi connectivity index (χ0v) is 18.9. The summed E-state index contributed by atoms with van der Waals surface area (Å²) in [6.07, 6.45) is 6.03. The molecule has 1 amide bonds. The highest BCUT2D eigenvalue weighted by Gasteiger charge is 2.40. The van der Waals surface area contributed by atoms with Gasteiger partial charge in [-0.05, 0) is 31.1 Å². The van der Waals surface area contributed by atoms with Gasteiger partial charge in [0.1, 0.15) is 23.1 Å². The van der Waals surface area contributed by atoms with E-state index in [1.807, 2.05) is 17.0 Å². The molecule has 3 fully saturated rings. The van der Waals surface area contributed by atoms with E-state index in [0.717, 1.165) is 12.8 Å². The second-order valence-corrected chi connectivity index (χ2v) is 8.69. The number of nitrogens with zero attached hydrogens (tertiary/aromatic N) is 4. The monoisotopic (exact) mass is 465 g/mol. The summed E-state index contributed by atoms with van der Waals surface area (Å²) in [5.41, 5.74) is 0.213. The van der Waals surface area contributed by atoms with Crippen LogP contribution < -0.4 is 15.8 Å². The lowest BCUT2D eigenvalue weighted by atomic mass is 10.0. The highest BCUT2D eigenvalue weighted by atomic mass is 16.7. The topological polar surface area (TPSA) is 118 Å². The van der Waals surface area contributed by atoms with E-state index < -0.39 is 11.7 Å². The van der Waals surface area contributed by atoms with E-state index >= 15 is 0 Å². The van der Waals surface area contributed by atoms with Gasteiger partial charge in [0.2, 0.25) is 0 Å². The molecule has 2 aromatic heterocycles. The van der Waals surface area contributed by atoms with Crippen LogP contribution in [0.15, 0.2) is 34.8 Å². The molecule has 1 unspecified atom stereocenters. The normalized spacial score (nSPS) is 22.3. The first-order chi connectivity index (χ1) is 16.6. The van der Waals surface area contributed by atoms with Gasteiger partial charge in [-0.25, -0.2) is 4.98 Å². The summed E-state index contributed by atoms with van der Waals surface area (Å²) in [6, 6.07) is 7.25. The number of carbonyl (C=O) groups is 1. The maximum absolute atomic E-state index is 13.4. The van der Waals surface area contributed by atoms with Gasteiger partial charge < -0.3 is 24.4 Å². The van der Waals surface area contributed by atoms with Crippen molar-refractivity contribution in [3.05, 3.63) is 45.9 Å². The first-order valence-corrected chi connectivity index (χ1v) is 11.6. The van der Waals surface area contributed by atoms with E-state index in [4.69, 9.17) is 19.2 Å². The number of aromatic nitrogens is 2. The van der Waals surface area contributed by atoms with Crippen molar-refractivity contribution in [3.63, 3.8) is 0 Å². The summed E-state index contributed by atoms with van der Waals surface area (Å²) in [5.74, 6) is -0.658. The molecule has 0 radical (unpaired) electrons. The van der Waals surface area contributed by atoms with E-state index in [9.17, 15) is 14.9 Å². The summed E-state index contributed by atoms with van der Waals surface area (Å²) in [7, 11) is 0. The van der Waals surface area contributed by atoms with E-state index in [1.165, 1.54) is 10.5 Å². The van der Waals surface area contributed by atoms with Gasteiger partial charge in [0.15, 0.2) is 5.79 Å². The molecule has 10 heteroatoms. The third-order valence-electron chi connectivity index (χ3n) is 6.56. The maximum Gasteiger partial charge on any atom is 0.267 e. The molecule has 0 saturated carbocycles. The molecule has 0 aliphatic carbocycles. The average molecular weight is 466 g/mol. The molecule has 1 spiro atoms. The first-order valence-electron chi connectivity index (χ1n) is 11.6. The van der Waals surface area contributed by atoms with Crippen LogP contribution in [0.25, 0.3) is 11.7 Å². The molecular weight excluding hydrogens is 438 g/mol. The van der Waals surface area contributed by atoms with Crippen molar-refractivity contribution in [1.29, 1.82) is 5.26 Å². The predicted octanol–water partition coefficient (Wildman–Crippen LogP) is 1.24. The van der Waals surface area contributed by atoms with Crippen LogP contribution in [0.1, 0.15) is 31.2 Å². The number of hydrogen-bond acceptors (Lipinski definition) is 8. The summed E-state index contributed by atoms with van der Waals surface area (Å²) >= 11 is 0. The SMILES string of the molecule is N#C/C(=C/c1c(N2CCC3(CC2)OCCO3)nc2ccccn2c1=O)C(=O)NCC1CCCO1. The van der Waals surface area contributed by atoms with Crippen LogP contribution in [0.2, 0.25) is 0 Å². The first kappa shape index (κ1) is 22.5. The minimum Gasteiger partial charge on any atom is -0.376 e. The molecule has 3 aliphatic heterocycles. The Morgan fingerprint density at radius 2 is 2.06 bits per heavy atom. The van der Waals surface area contributed by atoms with Crippen molar-refractivity contribution < 1.29 is 19.0 Å². The second-order valence-electron chi connectivity index (χ2n) is 8.69. The molecule has 34 heavy (non-hydrogen) atoms. The van der Waals surface area contributed by atoms with Crippen molar-refractivity contribution in [3.8, 4) is 6.07 Å². The molecule has 1 atom stereocenters. The number of ether oxygens (including phenoxy) is 3. The van der Waals surface area contributed by atoms with Gasteiger partial charge in [0, 0.05) is 45.3 Å². The average Bonchev–Trinajstić information content (AvgIpc) is 3.55. The number of nitrogens with one attached hydrogen (secondary N) is 1. The zero-order valence-electron chi connectivity index (χ0n) is 18.9. The fourth-order valence-electron chi connectivity index (χ4n) is 4.70. The van der Waals surface area contributed by atoms with Crippen LogP contribution in [0, 0.1) is 11.3 Å². The summed E-state index contributed by atoms with van der Waals surface area (Å²) < 4.78 is 18.6. The van der Waals surface area contributed by atoms with Crippen LogP contribution in [-0.2, 0) is 19.0 Å². The standard InChI is InChI=1S/C24H27N5O5/c25-15-17(22(30)26-16-18-4-3-11-32-18)14-19-21(27-20-5-1-2-8-29(20)23(19)31)28-9-6-24(7-10-28)33-12-13-34-24/h1-2,5,8,14,18H,3-4,6-7,9-13,16H2,(H,26,30)/b17-14-. The Bertz CT molecular complexity index is 1190. The number of nitriles is 1. The number of piperidine rings is 1. The van der Waals surface area contributed by atoms with E-state index in [0.29, 0.717) is 63.8 Å². The minimum atomic E-state index is -0.571. The molecule has 3 aliphatic rings. The summed E-state index contributed by atoms with van der Waals surface area (Å²) in [6.45, 7) is 3.31. The molecule has 5 rings (SSSR count). The van der Waals surface area contributed by atoms with Crippen LogP contribution in [-0.4, -0.2) is 66.6 Å². The molecular formula is C24H27N5O5. The highest BCUT2D eigenvalue weighted by Crippen LogP contribution is 2.33. The van der Waals surface area contributed by atoms with Crippen molar-refractivity contribution in [2.75, 3.05) is 44.4 Å². The van der Waals surface area contributed by atoms with Gasteiger partial charge in [-0.3, -0.25) is 14.0 Å². The number of carbonyl (C=O) groups excluding carboxylic acids is 1. The van der Waals surface area contributed by atoms with Gasteiger partial charge in [0.25, 0.3) is 11.5 Å². The number of pyridine rings is 1. The Hall–Kier alpha value is -3.26. The molecule has 5 heterocycles. The number of hydrogen-bond donors (Lipinski definition) is 1. The van der Waals surface area contributed by atoms with Gasteiger partial charge in [0.05, 0.1) is 24.9 Å². The quantitative estimate of drug-likeness (QED) is 0.518. The lowest BCUT2D eigenvalue weighted by molar-refractivity contribution is -0.169. The van der Waals surface area contributed by atoms with Crippen LogP contribution in [0.4, 0.5) is 5.82 Å². The van der Waals surface area contributed by atoms with E-state index in [1.54, 1.807) is 18.3 Å². The summed E-state index contributed by atoms with van der Waals surface area (Å²) in [5, 5.41) is 12.5. The van der Waals surface area contributed by atoms with Crippen molar-refractivity contribution >= 4 is 23.4 Å². The molecule has 178 valence electrons. The second kappa shape index (κ2) is 9.54. The minimum absolute atomic E-state index is 0.0480. The fraction of sp³-hybridized carbons (Fsp3) is 0.500. The fourth-order valence-corrected chi connectivity index (χ4v) is 4.70. The number of rotatable bonds is 5. The molecule has 2 aromatic rings. The van der Waals surface area contributed by atoms with E-state index in [-0.39, 0.29) is 22.8 Å². The lowest BCUT2D eigenvalue weighted by Gasteiger charge is -2.38. The van der Waals surface area contributed by atoms with Crippen molar-refractivity contribution in [2.45, 2.75) is 37.6 Å². The smallest absolute Gasteiger partial charge is 0.267 e. The Morgan fingerprint density at radius 1 is 1.26 bits per heavy atom. The van der Waals surface area contributed by atoms with Crippen LogP contribution in [0.5, 0.6) is 0 Å². The van der Waals surface area contributed by atoms with Crippen molar-refractivity contribution in [1.82, 2.24) is 14.7 Å². The van der Waals surface area contributed by atoms with Gasteiger partial charge in [-0.15, -0.1) is 0 Å². The molecule has 0 aromatic carbocycles. The largest absolute Gasteiger partial charge is 0.376 e. The predicted molar refractivity (Wildman–Crippen MR) is 123 cm³/mol. The third kappa shape index (κ3) is 4.42. The Morgan fingerprint density at radius 3 is 2.76 bits per heavy atom. The van der Waals surface area contributed by atoms with Crippen molar-refractivity contribution in [2.24, 2.45) is 0 Å². The van der Waals surface area contributed by atoms with Crippen LogP contribution in [0.3, 0.4) is 0 Å². The maximum atomic E-state index is 13.4. The summed E-state index contributed by atoms with van der Waals surface area (Å²) in [4.78, 5) is 32.9. The van der Waals surface area contributed by atoms with Gasteiger partial charge >= 0.3 is 0 Å². The zero-order chi connectivity index (χ0) is 23.5. The van der Waals surface area contributed by atoms with E-state index in [2.05, 4.69) is 5.32 Å². The van der Waals surface area contributed by atoms with Gasteiger partial charge in [-0.1, -0.05) is 6.07 Å². The van der Waals surface area contributed by atoms with Crippen LogP contribution >= 0.6 is 0 Å². The molecule has 1 N–H and O–H groups in total. The number of amides is 1. The molecule has 10 nitrogen and oxygen atoms in total. The number of fused-ring (bicyclic) bond motifs is 1. The lowest BCUT2D eigenvalue weighted by Crippen LogP contribution is -2.46.